The molecule has 23 heavy (non-hydrogen) atoms. The largest absolute Gasteiger partial charge is 0.441 e. The maximum atomic E-state index is 12.8. The van der Waals surface area contributed by atoms with Gasteiger partial charge in [0.05, 0.1) is 17.7 Å². The highest BCUT2D eigenvalue weighted by Gasteiger charge is 2.15. The smallest absolute Gasteiger partial charge is 0.230 e. The van der Waals surface area contributed by atoms with Crippen LogP contribution in [0.3, 0.4) is 0 Å². The lowest BCUT2D eigenvalue weighted by atomic mass is 10.2. The summed E-state index contributed by atoms with van der Waals surface area (Å²) in [6.07, 6.45) is 3.39. The lowest BCUT2D eigenvalue weighted by Gasteiger charge is -2.03. The van der Waals surface area contributed by atoms with E-state index in [1.165, 1.54) is 24.3 Å². The molecule has 0 aliphatic heterocycles. The van der Waals surface area contributed by atoms with Gasteiger partial charge in [0.25, 0.3) is 0 Å². The van der Waals surface area contributed by atoms with Crippen LogP contribution < -0.4 is 5.32 Å². The fourth-order valence-electron chi connectivity index (χ4n) is 2.10. The summed E-state index contributed by atoms with van der Waals surface area (Å²) in [6.45, 7) is 1.76. The van der Waals surface area contributed by atoms with Crippen molar-refractivity contribution in [3.05, 3.63) is 66.1 Å². The Kier molecular flexibility index (Phi) is 4.14. The third-order valence-electron chi connectivity index (χ3n) is 3.26. The van der Waals surface area contributed by atoms with Gasteiger partial charge in [-0.3, -0.25) is 9.78 Å². The molecule has 0 aliphatic carbocycles. The molecule has 3 aromatic rings. The van der Waals surface area contributed by atoms with Crippen molar-refractivity contribution in [3.8, 4) is 11.5 Å². The summed E-state index contributed by atoms with van der Waals surface area (Å²) < 4.78 is 18.4. The van der Waals surface area contributed by atoms with E-state index in [-0.39, 0.29) is 18.1 Å². The van der Waals surface area contributed by atoms with Gasteiger partial charge in [-0.15, -0.1) is 0 Å². The highest BCUT2D eigenvalue weighted by atomic mass is 19.1. The van der Waals surface area contributed by atoms with E-state index in [4.69, 9.17) is 4.42 Å². The van der Waals surface area contributed by atoms with E-state index in [0.717, 1.165) is 5.56 Å². The van der Waals surface area contributed by atoms with Crippen LogP contribution in [0.25, 0.3) is 11.5 Å². The van der Waals surface area contributed by atoms with Crippen molar-refractivity contribution in [3.63, 3.8) is 0 Å². The summed E-state index contributed by atoms with van der Waals surface area (Å²) in [6, 6.07) is 9.21. The Balaban J connectivity index is 1.71. The SMILES string of the molecule is Cc1oc(-c2cccnc2)nc1CC(=O)Nc1ccc(F)cc1. The van der Waals surface area contributed by atoms with E-state index in [2.05, 4.69) is 15.3 Å². The van der Waals surface area contributed by atoms with E-state index in [9.17, 15) is 9.18 Å². The van der Waals surface area contributed by atoms with Gasteiger partial charge in [-0.05, 0) is 43.3 Å². The molecule has 5 nitrogen and oxygen atoms in total. The molecule has 0 fully saturated rings. The van der Waals surface area contributed by atoms with E-state index < -0.39 is 0 Å². The number of aryl methyl sites for hydroxylation is 1. The third kappa shape index (κ3) is 3.60. The number of rotatable bonds is 4. The van der Waals surface area contributed by atoms with E-state index >= 15 is 0 Å². The number of nitrogens with one attached hydrogen (secondary N) is 1. The molecule has 2 heterocycles. The molecular formula is C17H14FN3O2. The molecule has 1 N–H and O–H groups in total. The van der Waals surface area contributed by atoms with Crippen LogP contribution in [0.15, 0.2) is 53.2 Å². The van der Waals surface area contributed by atoms with Gasteiger partial charge < -0.3 is 9.73 Å². The maximum absolute atomic E-state index is 12.8. The Morgan fingerprint density at radius 2 is 2.04 bits per heavy atom. The van der Waals surface area contributed by atoms with Crippen LogP contribution in [0, 0.1) is 12.7 Å². The minimum absolute atomic E-state index is 0.0764. The second-order valence-corrected chi connectivity index (χ2v) is 5.00. The second-order valence-electron chi connectivity index (χ2n) is 5.00. The standard InChI is InChI=1S/C17H14FN3O2/c1-11-15(21-17(23-11)12-3-2-8-19-10-12)9-16(22)20-14-6-4-13(18)5-7-14/h2-8,10H,9H2,1H3,(H,20,22). The molecule has 0 saturated carbocycles. The molecule has 0 aliphatic rings. The van der Waals surface area contributed by atoms with Gasteiger partial charge in [0.15, 0.2) is 0 Å². The molecule has 116 valence electrons. The molecule has 2 aromatic heterocycles. The van der Waals surface area contributed by atoms with Gasteiger partial charge in [0.2, 0.25) is 11.8 Å². The normalized spacial score (nSPS) is 10.5. The summed E-state index contributed by atoms with van der Waals surface area (Å²) in [5, 5.41) is 2.69. The van der Waals surface area contributed by atoms with Crippen LogP contribution in [0.2, 0.25) is 0 Å². The number of anilines is 1. The molecule has 0 spiro atoms. The zero-order valence-electron chi connectivity index (χ0n) is 12.4. The lowest BCUT2D eigenvalue weighted by Crippen LogP contribution is -2.15. The molecule has 0 atom stereocenters. The van der Waals surface area contributed by atoms with Crippen LogP contribution in [0.1, 0.15) is 11.5 Å². The molecule has 1 amide bonds. The molecule has 0 bridgehead atoms. The van der Waals surface area contributed by atoms with Crippen molar-refractivity contribution < 1.29 is 13.6 Å². The number of hydrogen-bond donors (Lipinski definition) is 1. The fourth-order valence-corrected chi connectivity index (χ4v) is 2.10. The zero-order chi connectivity index (χ0) is 16.2. The van der Waals surface area contributed by atoms with Crippen molar-refractivity contribution in [1.29, 1.82) is 0 Å². The summed E-state index contributed by atoms with van der Waals surface area (Å²) in [5.41, 5.74) is 1.84. The van der Waals surface area contributed by atoms with Gasteiger partial charge in [-0.1, -0.05) is 0 Å². The van der Waals surface area contributed by atoms with Crippen molar-refractivity contribution in [1.82, 2.24) is 9.97 Å². The first-order valence-electron chi connectivity index (χ1n) is 7.04. The average molecular weight is 311 g/mol. The van der Waals surface area contributed by atoms with E-state index in [1.54, 1.807) is 25.4 Å². The number of nitrogens with zero attached hydrogens (tertiary/aromatic N) is 2. The summed E-state index contributed by atoms with van der Waals surface area (Å²) in [5.74, 6) is 0.417. The number of aromatic nitrogens is 2. The minimum atomic E-state index is -0.351. The Morgan fingerprint density at radius 3 is 2.74 bits per heavy atom. The van der Waals surface area contributed by atoms with Crippen molar-refractivity contribution in [2.75, 3.05) is 5.32 Å². The van der Waals surface area contributed by atoms with Crippen molar-refractivity contribution in [2.24, 2.45) is 0 Å². The topological polar surface area (TPSA) is 68.0 Å². The highest BCUT2D eigenvalue weighted by molar-refractivity contribution is 5.92. The summed E-state index contributed by atoms with van der Waals surface area (Å²) >= 11 is 0. The summed E-state index contributed by atoms with van der Waals surface area (Å²) in [4.78, 5) is 20.4. The van der Waals surface area contributed by atoms with Gasteiger partial charge >= 0.3 is 0 Å². The van der Waals surface area contributed by atoms with E-state index in [0.29, 0.717) is 23.0 Å². The number of oxazole rings is 1. The van der Waals surface area contributed by atoms with Crippen LogP contribution >= 0.6 is 0 Å². The molecule has 0 unspecified atom stereocenters. The van der Waals surface area contributed by atoms with Gasteiger partial charge in [0, 0.05) is 18.1 Å². The molecule has 0 saturated heterocycles. The number of carbonyl (C=O) groups is 1. The van der Waals surface area contributed by atoms with Crippen LogP contribution in [0.4, 0.5) is 10.1 Å². The molecular weight excluding hydrogens is 297 g/mol. The Hall–Kier alpha value is -3.02. The fraction of sp³-hybridized carbons (Fsp3) is 0.118. The van der Waals surface area contributed by atoms with Gasteiger partial charge in [-0.25, -0.2) is 9.37 Å². The summed E-state index contributed by atoms with van der Waals surface area (Å²) in [7, 11) is 0. The first kappa shape index (κ1) is 14.9. The lowest BCUT2D eigenvalue weighted by molar-refractivity contribution is -0.115. The Bertz CT molecular complexity index is 814. The number of amides is 1. The predicted molar refractivity (Wildman–Crippen MR) is 83.2 cm³/mol. The number of hydrogen-bond acceptors (Lipinski definition) is 4. The van der Waals surface area contributed by atoms with Gasteiger partial charge in [-0.2, -0.15) is 0 Å². The Morgan fingerprint density at radius 1 is 1.26 bits per heavy atom. The maximum Gasteiger partial charge on any atom is 0.230 e. The van der Waals surface area contributed by atoms with Crippen LogP contribution in [-0.2, 0) is 11.2 Å². The van der Waals surface area contributed by atoms with E-state index in [1.807, 2.05) is 6.07 Å². The number of benzene rings is 1. The third-order valence-corrected chi connectivity index (χ3v) is 3.26. The molecule has 1 aromatic carbocycles. The first-order chi connectivity index (χ1) is 11.1. The van der Waals surface area contributed by atoms with Crippen LogP contribution in [-0.4, -0.2) is 15.9 Å². The number of halogens is 1. The monoisotopic (exact) mass is 311 g/mol. The highest BCUT2D eigenvalue weighted by Crippen LogP contribution is 2.21. The second kappa shape index (κ2) is 6.39. The van der Waals surface area contributed by atoms with Crippen molar-refractivity contribution in [2.45, 2.75) is 13.3 Å². The zero-order valence-corrected chi connectivity index (χ0v) is 12.4. The number of carbonyl (C=O) groups excluding carboxylic acids is 1. The molecule has 6 heteroatoms. The molecule has 0 radical (unpaired) electrons. The predicted octanol–water partition coefficient (Wildman–Crippen LogP) is 3.37. The quantitative estimate of drug-likeness (QED) is 0.802. The molecule has 3 rings (SSSR count). The minimum Gasteiger partial charge on any atom is -0.441 e. The Labute approximate surface area is 132 Å². The first-order valence-corrected chi connectivity index (χ1v) is 7.04. The van der Waals surface area contributed by atoms with Crippen LogP contribution in [0.5, 0.6) is 0 Å². The van der Waals surface area contributed by atoms with Crippen molar-refractivity contribution >= 4 is 11.6 Å². The average Bonchev–Trinajstić information content (AvgIpc) is 2.91. The van der Waals surface area contributed by atoms with Gasteiger partial charge in [0.1, 0.15) is 11.6 Å². The number of pyridine rings is 1.